The summed E-state index contributed by atoms with van der Waals surface area (Å²) in [5.41, 5.74) is 1.31. The lowest BCUT2D eigenvalue weighted by atomic mass is 9.97. The van der Waals surface area contributed by atoms with Crippen LogP contribution in [-0.4, -0.2) is 29.8 Å². The Kier molecular flexibility index (Phi) is 3.76. The second kappa shape index (κ2) is 5.54. The van der Waals surface area contributed by atoms with Gasteiger partial charge in [0.15, 0.2) is 0 Å². The van der Waals surface area contributed by atoms with E-state index in [2.05, 4.69) is 10.3 Å². The molecule has 3 rings (SSSR count). The zero-order valence-electron chi connectivity index (χ0n) is 11.9. The van der Waals surface area contributed by atoms with E-state index < -0.39 is 0 Å². The number of thiophene rings is 1. The minimum Gasteiger partial charge on any atom is -0.383 e. The molecule has 0 aromatic carbocycles. The fourth-order valence-electron chi connectivity index (χ4n) is 2.71. The van der Waals surface area contributed by atoms with E-state index in [1.807, 2.05) is 0 Å². The molecule has 0 bridgehead atoms. The summed E-state index contributed by atoms with van der Waals surface area (Å²) < 4.78 is 6.62. The van der Waals surface area contributed by atoms with E-state index in [1.165, 1.54) is 23.3 Å². The number of aromatic nitrogens is 2. The maximum Gasteiger partial charge on any atom is 0.263 e. The molecule has 1 aliphatic carbocycles. The normalized spacial score (nSPS) is 14.5. The smallest absolute Gasteiger partial charge is 0.263 e. The SMILES string of the molecule is COCCNc1nc2sc3c(c2c(=O)n1C)CCCC3. The van der Waals surface area contributed by atoms with Gasteiger partial charge in [-0.1, -0.05) is 0 Å². The summed E-state index contributed by atoms with van der Waals surface area (Å²) in [6.07, 6.45) is 4.50. The maximum atomic E-state index is 12.6. The molecule has 5 nitrogen and oxygen atoms in total. The van der Waals surface area contributed by atoms with Gasteiger partial charge in [0.05, 0.1) is 12.0 Å². The molecular formula is C14H19N3O2S. The standard InChI is InChI=1S/C14H19N3O2S/c1-17-13(18)11-9-5-3-4-6-10(9)20-12(11)16-14(17)15-7-8-19-2/h3-8H2,1-2H3,(H,15,16). The van der Waals surface area contributed by atoms with Crippen molar-refractivity contribution in [1.82, 2.24) is 9.55 Å². The number of hydrogen-bond acceptors (Lipinski definition) is 5. The van der Waals surface area contributed by atoms with Crippen LogP contribution in [0.2, 0.25) is 0 Å². The van der Waals surface area contributed by atoms with Crippen LogP contribution in [-0.2, 0) is 24.6 Å². The summed E-state index contributed by atoms with van der Waals surface area (Å²) in [5, 5.41) is 4.00. The van der Waals surface area contributed by atoms with Crippen molar-refractivity contribution in [2.75, 3.05) is 25.6 Å². The fraction of sp³-hybridized carbons (Fsp3) is 0.571. The Balaban J connectivity index is 2.08. The lowest BCUT2D eigenvalue weighted by molar-refractivity contribution is 0.210. The van der Waals surface area contributed by atoms with Crippen LogP contribution in [0.1, 0.15) is 23.3 Å². The Morgan fingerprint density at radius 2 is 2.20 bits per heavy atom. The molecule has 108 valence electrons. The molecule has 0 amide bonds. The predicted molar refractivity (Wildman–Crippen MR) is 81.9 cm³/mol. The molecule has 0 spiro atoms. The number of ether oxygens (including phenoxy) is 1. The van der Waals surface area contributed by atoms with Crippen molar-refractivity contribution in [1.29, 1.82) is 0 Å². The molecule has 1 N–H and O–H groups in total. The van der Waals surface area contributed by atoms with Gasteiger partial charge in [0.25, 0.3) is 5.56 Å². The summed E-state index contributed by atoms with van der Waals surface area (Å²) in [5.74, 6) is 0.623. The van der Waals surface area contributed by atoms with E-state index in [0.717, 1.165) is 23.1 Å². The summed E-state index contributed by atoms with van der Waals surface area (Å²) in [6.45, 7) is 1.24. The Morgan fingerprint density at radius 3 is 3.00 bits per heavy atom. The number of fused-ring (bicyclic) bond motifs is 3. The molecule has 0 unspecified atom stereocenters. The maximum absolute atomic E-state index is 12.6. The molecule has 0 radical (unpaired) electrons. The predicted octanol–water partition coefficient (Wildman–Crippen LogP) is 1.93. The van der Waals surface area contributed by atoms with Crippen LogP contribution in [0.3, 0.4) is 0 Å². The Morgan fingerprint density at radius 1 is 1.40 bits per heavy atom. The minimum atomic E-state index is 0.0642. The van der Waals surface area contributed by atoms with Crippen molar-refractivity contribution in [2.24, 2.45) is 7.05 Å². The summed E-state index contributed by atoms with van der Waals surface area (Å²) in [4.78, 5) is 19.4. The molecule has 0 saturated carbocycles. The van der Waals surface area contributed by atoms with Gasteiger partial charge in [0, 0.05) is 25.6 Å². The monoisotopic (exact) mass is 293 g/mol. The third-order valence-corrected chi connectivity index (χ3v) is 4.97. The van der Waals surface area contributed by atoms with Gasteiger partial charge in [-0.2, -0.15) is 0 Å². The van der Waals surface area contributed by atoms with E-state index in [9.17, 15) is 4.79 Å². The molecular weight excluding hydrogens is 274 g/mol. The van der Waals surface area contributed by atoms with Gasteiger partial charge in [-0.25, -0.2) is 4.98 Å². The van der Waals surface area contributed by atoms with Crippen LogP contribution >= 0.6 is 11.3 Å². The van der Waals surface area contributed by atoms with Crippen LogP contribution in [0, 0.1) is 0 Å². The average molecular weight is 293 g/mol. The molecule has 20 heavy (non-hydrogen) atoms. The molecule has 0 aliphatic heterocycles. The van der Waals surface area contributed by atoms with Crippen LogP contribution in [0.15, 0.2) is 4.79 Å². The van der Waals surface area contributed by atoms with Gasteiger partial charge in [-0.15, -0.1) is 11.3 Å². The highest BCUT2D eigenvalue weighted by Crippen LogP contribution is 2.34. The van der Waals surface area contributed by atoms with Crippen molar-refractivity contribution in [3.05, 3.63) is 20.8 Å². The van der Waals surface area contributed by atoms with E-state index in [-0.39, 0.29) is 5.56 Å². The summed E-state index contributed by atoms with van der Waals surface area (Å²) in [7, 11) is 3.43. The van der Waals surface area contributed by atoms with Crippen molar-refractivity contribution >= 4 is 27.5 Å². The Labute approximate surface area is 121 Å². The van der Waals surface area contributed by atoms with E-state index >= 15 is 0 Å². The van der Waals surface area contributed by atoms with Crippen LogP contribution in [0.5, 0.6) is 0 Å². The molecule has 0 saturated heterocycles. The van der Waals surface area contributed by atoms with Gasteiger partial charge in [0.2, 0.25) is 5.95 Å². The van der Waals surface area contributed by atoms with Crippen molar-refractivity contribution < 1.29 is 4.74 Å². The number of aryl methyl sites for hydroxylation is 2. The summed E-state index contributed by atoms with van der Waals surface area (Å²) in [6, 6.07) is 0. The zero-order chi connectivity index (χ0) is 14.1. The molecule has 2 aromatic rings. The zero-order valence-corrected chi connectivity index (χ0v) is 12.7. The second-order valence-corrected chi connectivity index (χ2v) is 6.19. The third-order valence-electron chi connectivity index (χ3n) is 3.79. The number of rotatable bonds is 4. The van der Waals surface area contributed by atoms with Gasteiger partial charge in [-0.05, 0) is 31.2 Å². The van der Waals surface area contributed by atoms with Gasteiger partial charge >= 0.3 is 0 Å². The highest BCUT2D eigenvalue weighted by molar-refractivity contribution is 7.18. The van der Waals surface area contributed by atoms with Gasteiger partial charge < -0.3 is 10.1 Å². The second-order valence-electron chi connectivity index (χ2n) is 5.11. The number of anilines is 1. The molecule has 0 fully saturated rings. The van der Waals surface area contributed by atoms with Crippen molar-refractivity contribution in [2.45, 2.75) is 25.7 Å². The van der Waals surface area contributed by atoms with Gasteiger partial charge in [-0.3, -0.25) is 9.36 Å². The first-order chi connectivity index (χ1) is 9.72. The highest BCUT2D eigenvalue weighted by atomic mass is 32.1. The molecule has 2 heterocycles. The molecule has 6 heteroatoms. The topological polar surface area (TPSA) is 56.1 Å². The number of hydrogen-bond donors (Lipinski definition) is 1. The number of nitrogens with one attached hydrogen (secondary N) is 1. The number of methoxy groups -OCH3 is 1. The van der Waals surface area contributed by atoms with Crippen molar-refractivity contribution in [3.8, 4) is 0 Å². The average Bonchev–Trinajstić information content (AvgIpc) is 2.82. The van der Waals surface area contributed by atoms with Crippen LogP contribution < -0.4 is 10.9 Å². The van der Waals surface area contributed by atoms with E-state index in [0.29, 0.717) is 19.1 Å². The van der Waals surface area contributed by atoms with Crippen LogP contribution in [0.25, 0.3) is 10.2 Å². The molecule has 1 aliphatic rings. The lowest BCUT2D eigenvalue weighted by Gasteiger charge is -2.11. The van der Waals surface area contributed by atoms with Gasteiger partial charge in [0.1, 0.15) is 4.83 Å². The lowest BCUT2D eigenvalue weighted by Crippen LogP contribution is -2.24. The summed E-state index contributed by atoms with van der Waals surface area (Å²) >= 11 is 1.68. The first kappa shape index (κ1) is 13.6. The van der Waals surface area contributed by atoms with E-state index in [1.54, 1.807) is 30.1 Å². The molecule has 0 atom stereocenters. The van der Waals surface area contributed by atoms with Crippen LogP contribution in [0.4, 0.5) is 5.95 Å². The Bertz CT molecular complexity index is 690. The Hall–Kier alpha value is -1.40. The first-order valence-electron chi connectivity index (χ1n) is 6.96. The third kappa shape index (κ3) is 2.23. The minimum absolute atomic E-state index is 0.0642. The fourth-order valence-corrected chi connectivity index (χ4v) is 3.96. The van der Waals surface area contributed by atoms with Crippen molar-refractivity contribution in [3.63, 3.8) is 0 Å². The highest BCUT2D eigenvalue weighted by Gasteiger charge is 2.20. The quantitative estimate of drug-likeness (QED) is 0.875. The molecule has 2 aromatic heterocycles. The van der Waals surface area contributed by atoms with E-state index in [4.69, 9.17) is 4.74 Å². The first-order valence-corrected chi connectivity index (χ1v) is 7.78. The largest absolute Gasteiger partial charge is 0.383 e. The number of nitrogens with zero attached hydrogens (tertiary/aromatic N) is 2.